The summed E-state index contributed by atoms with van der Waals surface area (Å²) in [5.74, 6) is -0.0892. The molecule has 0 spiro atoms. The van der Waals surface area contributed by atoms with Gasteiger partial charge in [0.1, 0.15) is 0 Å². The number of aromatic amines is 1. The molecular formula is C19H23N5O. The van der Waals surface area contributed by atoms with Crippen molar-refractivity contribution < 1.29 is 4.79 Å². The molecule has 6 heteroatoms. The fourth-order valence-corrected chi connectivity index (χ4v) is 3.14. The van der Waals surface area contributed by atoms with Gasteiger partial charge in [-0.2, -0.15) is 10.2 Å². The van der Waals surface area contributed by atoms with Crippen LogP contribution in [0, 0.1) is 13.8 Å². The van der Waals surface area contributed by atoms with Gasteiger partial charge in [-0.25, -0.2) is 0 Å². The molecule has 1 atom stereocenters. The molecule has 6 nitrogen and oxygen atoms in total. The van der Waals surface area contributed by atoms with E-state index in [1.807, 2.05) is 58.2 Å². The molecule has 0 aliphatic heterocycles. The van der Waals surface area contributed by atoms with Crippen LogP contribution in [0.2, 0.25) is 0 Å². The van der Waals surface area contributed by atoms with Crippen LogP contribution in [-0.4, -0.2) is 25.9 Å². The second-order valence-electron chi connectivity index (χ2n) is 6.20. The lowest BCUT2D eigenvalue weighted by Crippen LogP contribution is -2.29. The molecule has 0 aliphatic rings. The topological polar surface area (TPSA) is 75.6 Å². The van der Waals surface area contributed by atoms with Crippen molar-refractivity contribution in [3.8, 4) is 11.1 Å². The zero-order valence-corrected chi connectivity index (χ0v) is 15.0. The van der Waals surface area contributed by atoms with Crippen LogP contribution < -0.4 is 5.32 Å². The number of hydrogen-bond acceptors (Lipinski definition) is 3. The lowest BCUT2D eigenvalue weighted by atomic mass is 10.0. The highest BCUT2D eigenvalue weighted by Gasteiger charge is 2.18. The van der Waals surface area contributed by atoms with Gasteiger partial charge in [0.25, 0.3) is 5.91 Å². The molecule has 2 heterocycles. The van der Waals surface area contributed by atoms with E-state index >= 15 is 0 Å². The summed E-state index contributed by atoms with van der Waals surface area (Å²) in [6.07, 6.45) is 2.54. The van der Waals surface area contributed by atoms with E-state index < -0.39 is 0 Å². The van der Waals surface area contributed by atoms with E-state index in [2.05, 4.69) is 20.6 Å². The first kappa shape index (κ1) is 17.0. The minimum atomic E-state index is -0.0892. The first-order valence-electron chi connectivity index (χ1n) is 8.42. The van der Waals surface area contributed by atoms with Crippen molar-refractivity contribution in [1.29, 1.82) is 0 Å². The SMILES string of the molecule is CCC(NC(=O)c1cccc(-c2c(C)n[nH]c2C)c1)c1ccnn1C. The van der Waals surface area contributed by atoms with Crippen LogP contribution in [0.4, 0.5) is 0 Å². The van der Waals surface area contributed by atoms with E-state index in [9.17, 15) is 4.79 Å². The van der Waals surface area contributed by atoms with Crippen LogP contribution in [0.15, 0.2) is 36.5 Å². The molecule has 2 N–H and O–H groups in total. The molecule has 0 radical (unpaired) electrons. The Balaban J connectivity index is 1.86. The third kappa shape index (κ3) is 3.33. The Morgan fingerprint density at radius 1 is 1.32 bits per heavy atom. The quantitative estimate of drug-likeness (QED) is 0.750. The molecule has 3 aromatic rings. The molecule has 0 saturated heterocycles. The second-order valence-corrected chi connectivity index (χ2v) is 6.20. The van der Waals surface area contributed by atoms with Gasteiger partial charge in [-0.3, -0.25) is 14.6 Å². The molecule has 130 valence electrons. The van der Waals surface area contributed by atoms with E-state index in [0.29, 0.717) is 5.56 Å². The molecule has 1 unspecified atom stereocenters. The van der Waals surface area contributed by atoms with Crippen LogP contribution in [-0.2, 0) is 7.05 Å². The number of H-pyrrole nitrogens is 1. The minimum Gasteiger partial charge on any atom is -0.344 e. The molecule has 1 aromatic carbocycles. The van der Waals surface area contributed by atoms with Crippen molar-refractivity contribution in [2.75, 3.05) is 0 Å². The zero-order valence-electron chi connectivity index (χ0n) is 15.0. The van der Waals surface area contributed by atoms with Crippen molar-refractivity contribution in [2.45, 2.75) is 33.2 Å². The van der Waals surface area contributed by atoms with Gasteiger partial charge in [0.15, 0.2) is 0 Å². The van der Waals surface area contributed by atoms with Gasteiger partial charge in [-0.05, 0) is 44.0 Å². The highest BCUT2D eigenvalue weighted by atomic mass is 16.1. The summed E-state index contributed by atoms with van der Waals surface area (Å²) in [6.45, 7) is 5.99. The predicted octanol–water partition coefficient (Wildman–Crippen LogP) is 3.31. The molecule has 0 fully saturated rings. The Morgan fingerprint density at radius 2 is 2.12 bits per heavy atom. The maximum Gasteiger partial charge on any atom is 0.251 e. The van der Waals surface area contributed by atoms with Crippen LogP contribution >= 0.6 is 0 Å². The number of nitrogens with one attached hydrogen (secondary N) is 2. The van der Waals surface area contributed by atoms with E-state index in [-0.39, 0.29) is 11.9 Å². The Labute approximate surface area is 147 Å². The molecule has 3 rings (SSSR count). The normalized spacial score (nSPS) is 12.2. The van der Waals surface area contributed by atoms with Gasteiger partial charge >= 0.3 is 0 Å². The van der Waals surface area contributed by atoms with Gasteiger partial charge in [-0.1, -0.05) is 19.1 Å². The molecule has 2 aromatic heterocycles. The first-order valence-corrected chi connectivity index (χ1v) is 8.42. The standard InChI is InChI=1S/C19H23N5O/c1-5-16(17-9-10-20-24(17)4)21-19(25)15-8-6-7-14(11-15)18-12(2)22-23-13(18)3/h6-11,16H,5H2,1-4H3,(H,21,25)(H,22,23). The number of hydrogen-bond donors (Lipinski definition) is 2. The number of aromatic nitrogens is 4. The molecular weight excluding hydrogens is 314 g/mol. The lowest BCUT2D eigenvalue weighted by molar-refractivity contribution is 0.0934. The van der Waals surface area contributed by atoms with Crippen LogP contribution in [0.1, 0.15) is 46.8 Å². The Bertz CT molecular complexity index is 873. The van der Waals surface area contributed by atoms with Crippen molar-refractivity contribution in [2.24, 2.45) is 7.05 Å². The van der Waals surface area contributed by atoms with Gasteiger partial charge in [0, 0.05) is 30.1 Å². The second kappa shape index (κ2) is 6.93. The summed E-state index contributed by atoms with van der Waals surface area (Å²) in [6, 6.07) is 9.51. The number of aryl methyl sites for hydroxylation is 3. The summed E-state index contributed by atoms with van der Waals surface area (Å²) in [4.78, 5) is 12.7. The van der Waals surface area contributed by atoms with Crippen LogP contribution in [0.25, 0.3) is 11.1 Å². The number of nitrogens with zero attached hydrogens (tertiary/aromatic N) is 3. The number of rotatable bonds is 5. The lowest BCUT2D eigenvalue weighted by Gasteiger charge is -2.17. The van der Waals surface area contributed by atoms with Gasteiger partial charge in [0.2, 0.25) is 0 Å². The van der Waals surface area contributed by atoms with Crippen molar-refractivity contribution in [3.63, 3.8) is 0 Å². The predicted molar refractivity (Wildman–Crippen MR) is 97.2 cm³/mol. The minimum absolute atomic E-state index is 0.0685. The van der Waals surface area contributed by atoms with Crippen LogP contribution in [0.3, 0.4) is 0 Å². The van der Waals surface area contributed by atoms with E-state index in [1.165, 1.54) is 0 Å². The highest BCUT2D eigenvalue weighted by Crippen LogP contribution is 2.26. The average molecular weight is 337 g/mol. The average Bonchev–Trinajstić information content (AvgIpc) is 3.18. The highest BCUT2D eigenvalue weighted by molar-refractivity contribution is 5.95. The molecule has 0 saturated carbocycles. The molecule has 25 heavy (non-hydrogen) atoms. The van der Waals surface area contributed by atoms with Crippen molar-refractivity contribution in [1.82, 2.24) is 25.3 Å². The summed E-state index contributed by atoms with van der Waals surface area (Å²) in [5, 5.41) is 14.5. The van der Waals surface area contributed by atoms with Crippen molar-refractivity contribution >= 4 is 5.91 Å². The molecule has 0 aliphatic carbocycles. The molecule has 1 amide bonds. The first-order chi connectivity index (χ1) is 12.0. The third-order valence-corrected chi connectivity index (χ3v) is 4.47. The number of carbonyl (C=O) groups is 1. The molecule has 0 bridgehead atoms. The Hall–Kier alpha value is -2.89. The van der Waals surface area contributed by atoms with E-state index in [0.717, 1.165) is 34.6 Å². The van der Waals surface area contributed by atoms with Gasteiger partial charge < -0.3 is 5.32 Å². The fraction of sp³-hybridized carbons (Fsp3) is 0.316. The van der Waals surface area contributed by atoms with E-state index in [1.54, 1.807) is 10.9 Å². The van der Waals surface area contributed by atoms with Crippen molar-refractivity contribution in [3.05, 3.63) is 59.2 Å². The summed E-state index contributed by atoms with van der Waals surface area (Å²) >= 11 is 0. The Morgan fingerprint density at radius 3 is 2.72 bits per heavy atom. The third-order valence-electron chi connectivity index (χ3n) is 4.47. The zero-order chi connectivity index (χ0) is 18.0. The summed E-state index contributed by atoms with van der Waals surface area (Å²) in [5.41, 5.74) is 5.60. The Kier molecular flexibility index (Phi) is 4.70. The summed E-state index contributed by atoms with van der Waals surface area (Å²) in [7, 11) is 1.88. The maximum absolute atomic E-state index is 12.7. The van der Waals surface area contributed by atoms with E-state index in [4.69, 9.17) is 0 Å². The number of benzene rings is 1. The largest absolute Gasteiger partial charge is 0.344 e. The maximum atomic E-state index is 12.7. The fourth-order valence-electron chi connectivity index (χ4n) is 3.14. The monoisotopic (exact) mass is 337 g/mol. The smallest absolute Gasteiger partial charge is 0.251 e. The van der Waals surface area contributed by atoms with Gasteiger partial charge in [0.05, 0.1) is 17.4 Å². The van der Waals surface area contributed by atoms with Gasteiger partial charge in [-0.15, -0.1) is 0 Å². The number of amides is 1. The van der Waals surface area contributed by atoms with Crippen LogP contribution in [0.5, 0.6) is 0 Å². The number of carbonyl (C=O) groups excluding carboxylic acids is 1. The summed E-state index contributed by atoms with van der Waals surface area (Å²) < 4.78 is 1.79.